The van der Waals surface area contributed by atoms with Crippen molar-refractivity contribution in [3.8, 4) is 11.5 Å². The van der Waals surface area contributed by atoms with Gasteiger partial charge in [0.2, 0.25) is 0 Å². The number of nitrogens with zero attached hydrogens (tertiary/aromatic N) is 1. The Morgan fingerprint density at radius 1 is 0.972 bits per heavy atom. The van der Waals surface area contributed by atoms with Crippen LogP contribution in [0.2, 0.25) is 0 Å². The third kappa shape index (κ3) is 4.71. The zero-order valence-corrected chi connectivity index (χ0v) is 21.2. The summed E-state index contributed by atoms with van der Waals surface area (Å²) in [6.45, 7) is 6.20. The summed E-state index contributed by atoms with van der Waals surface area (Å²) in [4.78, 5) is 28.2. The first-order chi connectivity index (χ1) is 17.2. The van der Waals surface area contributed by atoms with Crippen LogP contribution >= 0.6 is 0 Å². The third-order valence-corrected chi connectivity index (χ3v) is 6.51. The Morgan fingerprint density at radius 3 is 2.39 bits per heavy atom. The van der Waals surface area contributed by atoms with Crippen molar-refractivity contribution in [3.63, 3.8) is 0 Å². The van der Waals surface area contributed by atoms with E-state index < -0.39 is 17.7 Å². The maximum atomic E-state index is 13.4. The Morgan fingerprint density at radius 2 is 1.72 bits per heavy atom. The number of amides is 1. The molecule has 1 aliphatic heterocycles. The summed E-state index contributed by atoms with van der Waals surface area (Å²) in [7, 11) is 3.18. The van der Waals surface area contributed by atoms with Crippen LogP contribution in [0.4, 0.5) is 0 Å². The van der Waals surface area contributed by atoms with Crippen molar-refractivity contribution in [3.05, 3.63) is 100 Å². The number of methoxy groups -OCH3 is 2. The van der Waals surface area contributed by atoms with Crippen molar-refractivity contribution in [1.29, 1.82) is 0 Å². The maximum Gasteiger partial charge on any atom is 0.295 e. The number of Topliss-reactive ketones (excluding diaryl/α,β-unsaturated/α-hetero) is 1. The van der Waals surface area contributed by atoms with Gasteiger partial charge in [-0.2, -0.15) is 0 Å². The van der Waals surface area contributed by atoms with Crippen LogP contribution in [0.15, 0.2) is 72.3 Å². The number of ketones is 1. The van der Waals surface area contributed by atoms with Gasteiger partial charge in [0.1, 0.15) is 17.3 Å². The number of carbonyl (C=O) groups is 2. The second kappa shape index (κ2) is 10.3. The average molecular weight is 486 g/mol. The van der Waals surface area contributed by atoms with Gasteiger partial charge in [-0.1, -0.05) is 55.8 Å². The van der Waals surface area contributed by atoms with Crippen LogP contribution in [0, 0.1) is 6.92 Å². The molecule has 1 unspecified atom stereocenters. The van der Waals surface area contributed by atoms with E-state index in [1.54, 1.807) is 26.4 Å². The van der Waals surface area contributed by atoms with E-state index in [1.165, 1.54) is 4.90 Å². The minimum Gasteiger partial charge on any atom is -0.507 e. The van der Waals surface area contributed by atoms with Crippen molar-refractivity contribution in [2.45, 2.75) is 39.3 Å². The predicted molar refractivity (Wildman–Crippen MR) is 139 cm³/mol. The van der Waals surface area contributed by atoms with E-state index in [1.807, 2.05) is 75.4 Å². The first kappa shape index (κ1) is 25.0. The van der Waals surface area contributed by atoms with Crippen molar-refractivity contribution >= 4 is 17.4 Å². The first-order valence-corrected chi connectivity index (χ1v) is 11.9. The van der Waals surface area contributed by atoms with Crippen LogP contribution in [0.3, 0.4) is 0 Å². The van der Waals surface area contributed by atoms with E-state index >= 15 is 0 Å². The lowest BCUT2D eigenvalue weighted by Gasteiger charge is -2.26. The van der Waals surface area contributed by atoms with Gasteiger partial charge < -0.3 is 19.5 Å². The minimum absolute atomic E-state index is 0.0772. The largest absolute Gasteiger partial charge is 0.507 e. The molecule has 0 aromatic heterocycles. The monoisotopic (exact) mass is 485 g/mol. The highest BCUT2D eigenvalue weighted by atomic mass is 16.5. The SMILES string of the molecule is COc1cccc(CN2C(=O)C(=O)/C(=C(\O)c3ccc(OC)c(C(C)C)c3)C2c2cccc(C)c2)c1. The van der Waals surface area contributed by atoms with Gasteiger partial charge in [0.15, 0.2) is 0 Å². The fraction of sp³-hybridized carbons (Fsp3) is 0.267. The molecular formula is C30H31NO5. The van der Waals surface area contributed by atoms with Crippen molar-refractivity contribution in [1.82, 2.24) is 4.90 Å². The lowest BCUT2D eigenvalue weighted by molar-refractivity contribution is -0.140. The highest BCUT2D eigenvalue weighted by Crippen LogP contribution is 2.41. The molecule has 3 aromatic carbocycles. The van der Waals surface area contributed by atoms with Gasteiger partial charge >= 0.3 is 0 Å². The van der Waals surface area contributed by atoms with Crippen LogP contribution in [-0.4, -0.2) is 35.9 Å². The lowest BCUT2D eigenvalue weighted by atomic mass is 9.92. The van der Waals surface area contributed by atoms with Gasteiger partial charge in [0.25, 0.3) is 11.7 Å². The van der Waals surface area contributed by atoms with E-state index in [9.17, 15) is 14.7 Å². The molecule has 0 spiro atoms. The molecule has 1 N–H and O–H groups in total. The molecule has 1 fully saturated rings. The van der Waals surface area contributed by atoms with E-state index in [0.717, 1.165) is 22.3 Å². The summed E-state index contributed by atoms with van der Waals surface area (Å²) in [6.07, 6.45) is 0. The Hall–Kier alpha value is -4.06. The highest BCUT2D eigenvalue weighted by molar-refractivity contribution is 6.46. The highest BCUT2D eigenvalue weighted by Gasteiger charge is 2.46. The Kier molecular flexibility index (Phi) is 7.15. The summed E-state index contributed by atoms with van der Waals surface area (Å²) in [5, 5.41) is 11.5. The molecule has 4 rings (SSSR count). The van der Waals surface area contributed by atoms with Gasteiger partial charge in [0.05, 0.1) is 25.8 Å². The summed E-state index contributed by atoms with van der Waals surface area (Å²) in [5.41, 5.74) is 4.02. The third-order valence-electron chi connectivity index (χ3n) is 6.51. The van der Waals surface area contributed by atoms with Crippen LogP contribution in [0.25, 0.3) is 5.76 Å². The number of hydrogen-bond acceptors (Lipinski definition) is 5. The number of aryl methyl sites for hydroxylation is 1. The molecule has 0 radical (unpaired) electrons. The summed E-state index contributed by atoms with van der Waals surface area (Å²) >= 11 is 0. The second-order valence-electron chi connectivity index (χ2n) is 9.30. The number of rotatable bonds is 7. The molecule has 1 heterocycles. The van der Waals surface area contributed by atoms with E-state index in [4.69, 9.17) is 9.47 Å². The number of benzene rings is 3. The van der Waals surface area contributed by atoms with Gasteiger partial charge in [-0.05, 0) is 59.9 Å². The predicted octanol–water partition coefficient (Wildman–Crippen LogP) is 5.76. The number of ether oxygens (including phenoxy) is 2. The molecule has 0 aliphatic carbocycles. The van der Waals surface area contributed by atoms with Gasteiger partial charge in [-0.15, -0.1) is 0 Å². The van der Waals surface area contributed by atoms with E-state index in [0.29, 0.717) is 17.1 Å². The molecular weight excluding hydrogens is 454 g/mol. The first-order valence-electron chi connectivity index (χ1n) is 11.9. The van der Waals surface area contributed by atoms with Crippen LogP contribution < -0.4 is 9.47 Å². The topological polar surface area (TPSA) is 76.1 Å². The molecule has 6 heteroatoms. The molecule has 3 aromatic rings. The molecule has 1 aliphatic rings. The van der Waals surface area contributed by atoms with Crippen LogP contribution in [0.5, 0.6) is 11.5 Å². The summed E-state index contributed by atoms with van der Waals surface area (Å²) < 4.78 is 10.8. The van der Waals surface area contributed by atoms with E-state index in [2.05, 4.69) is 0 Å². The number of carbonyl (C=O) groups excluding carboxylic acids is 2. The zero-order chi connectivity index (χ0) is 26.0. The number of likely N-dealkylation sites (tertiary alicyclic amines) is 1. The number of aliphatic hydroxyl groups excluding tert-OH is 1. The minimum atomic E-state index is -0.735. The van der Waals surface area contributed by atoms with Crippen LogP contribution in [-0.2, 0) is 16.1 Å². The van der Waals surface area contributed by atoms with Crippen LogP contribution in [0.1, 0.15) is 53.6 Å². The molecule has 6 nitrogen and oxygen atoms in total. The molecule has 0 saturated carbocycles. The fourth-order valence-electron chi connectivity index (χ4n) is 4.69. The van der Waals surface area contributed by atoms with Crippen molar-refractivity contribution < 1.29 is 24.2 Å². The summed E-state index contributed by atoms with van der Waals surface area (Å²) in [6, 6.07) is 19.6. The number of aliphatic hydroxyl groups is 1. The Labute approximate surface area is 211 Å². The number of hydrogen-bond donors (Lipinski definition) is 1. The van der Waals surface area contributed by atoms with Gasteiger partial charge in [-0.3, -0.25) is 9.59 Å². The van der Waals surface area contributed by atoms with Gasteiger partial charge in [0, 0.05) is 12.1 Å². The lowest BCUT2D eigenvalue weighted by Crippen LogP contribution is -2.29. The smallest absolute Gasteiger partial charge is 0.295 e. The molecule has 1 saturated heterocycles. The zero-order valence-electron chi connectivity index (χ0n) is 21.2. The Bertz CT molecular complexity index is 1340. The fourth-order valence-corrected chi connectivity index (χ4v) is 4.69. The van der Waals surface area contributed by atoms with Crippen molar-refractivity contribution in [2.24, 2.45) is 0 Å². The van der Waals surface area contributed by atoms with Gasteiger partial charge in [-0.25, -0.2) is 0 Å². The Balaban J connectivity index is 1.87. The molecule has 0 bridgehead atoms. The molecule has 1 atom stereocenters. The summed E-state index contributed by atoms with van der Waals surface area (Å²) in [5.74, 6) is -0.0496. The molecule has 186 valence electrons. The normalized spacial score (nSPS) is 17.1. The average Bonchev–Trinajstić information content (AvgIpc) is 3.12. The second-order valence-corrected chi connectivity index (χ2v) is 9.30. The quantitative estimate of drug-likeness (QED) is 0.262. The standard InChI is InChI=1S/C30H31NO5/c1-18(2)24-16-22(12-13-25(24)36-5)28(32)26-27(21-10-6-8-19(3)14-21)31(30(34)29(26)33)17-20-9-7-11-23(15-20)35-4/h6-16,18,27,32H,17H2,1-5H3/b28-26-. The van der Waals surface area contributed by atoms with E-state index in [-0.39, 0.29) is 23.8 Å². The maximum absolute atomic E-state index is 13.4. The molecule has 1 amide bonds. The molecule has 36 heavy (non-hydrogen) atoms. The van der Waals surface area contributed by atoms with Crippen molar-refractivity contribution in [2.75, 3.05) is 14.2 Å².